The second kappa shape index (κ2) is 9.32. The van der Waals surface area contributed by atoms with Gasteiger partial charge in [-0.1, -0.05) is 6.07 Å². The molecule has 0 radical (unpaired) electrons. The molecule has 1 aliphatic rings. The maximum Gasteiger partial charge on any atom is 0.256 e. The molecule has 0 atom stereocenters. The van der Waals surface area contributed by atoms with Gasteiger partial charge in [-0.2, -0.15) is 0 Å². The number of likely N-dealkylation sites (N-methyl/N-ethyl adjacent to an activating group) is 1. The molecule has 140 valence electrons. The van der Waals surface area contributed by atoms with Crippen LogP contribution in [0.3, 0.4) is 0 Å². The van der Waals surface area contributed by atoms with Crippen molar-refractivity contribution in [3.8, 4) is 0 Å². The summed E-state index contributed by atoms with van der Waals surface area (Å²) in [7, 11) is 0. The summed E-state index contributed by atoms with van der Waals surface area (Å²) in [6, 6.07) is 13.3. The van der Waals surface area contributed by atoms with Gasteiger partial charge in [-0.15, -0.1) is 0 Å². The number of rotatable bonds is 5. The number of benzene rings is 1. The highest BCUT2D eigenvalue weighted by Crippen LogP contribution is 2.21. The van der Waals surface area contributed by atoms with E-state index in [9.17, 15) is 4.79 Å². The summed E-state index contributed by atoms with van der Waals surface area (Å²) in [5, 5.41) is 2.82. The minimum Gasteiger partial charge on any atom is -1.00 e. The Morgan fingerprint density at radius 1 is 1.08 bits per heavy atom. The van der Waals surface area contributed by atoms with E-state index in [-0.39, 0.29) is 29.9 Å². The van der Waals surface area contributed by atoms with Crippen molar-refractivity contribution in [3.63, 3.8) is 0 Å². The molecule has 0 unspecified atom stereocenters. The Labute approximate surface area is 173 Å². The molecule has 0 saturated carbocycles. The second-order valence-electron chi connectivity index (χ2n) is 6.62. The van der Waals surface area contributed by atoms with Crippen molar-refractivity contribution in [1.29, 1.82) is 0 Å². The lowest BCUT2D eigenvalue weighted by molar-refractivity contribution is -0.925. The molecule has 5 nitrogen and oxygen atoms in total. The summed E-state index contributed by atoms with van der Waals surface area (Å²) in [6.07, 6.45) is 1.67. The molecule has 0 spiro atoms. The van der Waals surface area contributed by atoms with E-state index in [2.05, 4.69) is 29.0 Å². The zero-order valence-electron chi connectivity index (χ0n) is 15.5. The van der Waals surface area contributed by atoms with Gasteiger partial charge < -0.3 is 38.7 Å². The second-order valence-corrected chi connectivity index (χ2v) is 6.62. The van der Waals surface area contributed by atoms with E-state index in [1.807, 2.05) is 36.4 Å². The van der Waals surface area contributed by atoms with Gasteiger partial charge >= 0.3 is 0 Å². The quantitative estimate of drug-likeness (QED) is 0.499. The fourth-order valence-electron chi connectivity index (χ4n) is 3.45. The van der Waals surface area contributed by atoms with E-state index < -0.39 is 0 Å². The third kappa shape index (κ3) is 4.73. The number of nitrogens with one attached hydrogen (secondary N) is 1. The molecule has 6 heteroatoms. The lowest BCUT2D eigenvalue weighted by Gasteiger charge is -2.44. The number of quaternary nitrogens is 1. The van der Waals surface area contributed by atoms with Gasteiger partial charge in [0.05, 0.1) is 39.3 Å². The molecule has 3 rings (SSSR count). The average Bonchev–Trinajstić information content (AvgIpc) is 2.69. The predicted octanol–water partition coefficient (Wildman–Crippen LogP) is 0.0145. The van der Waals surface area contributed by atoms with Crippen LogP contribution in [0.4, 0.5) is 11.5 Å². The highest BCUT2D eigenvalue weighted by atomic mass is 127. The topological polar surface area (TPSA) is 45.2 Å². The monoisotopic (exact) mass is 466 g/mol. The van der Waals surface area contributed by atoms with Crippen LogP contribution < -0.4 is 34.2 Å². The van der Waals surface area contributed by atoms with Crippen LogP contribution in [0, 0.1) is 0 Å². The number of anilines is 2. The minimum absolute atomic E-state index is 0. The molecule has 0 bridgehead atoms. The van der Waals surface area contributed by atoms with Gasteiger partial charge in [-0.25, -0.2) is 4.98 Å². The Morgan fingerprint density at radius 2 is 1.73 bits per heavy atom. The number of piperazine rings is 1. The zero-order chi connectivity index (χ0) is 17.7. The summed E-state index contributed by atoms with van der Waals surface area (Å²) >= 11 is 0. The molecule has 1 amide bonds. The van der Waals surface area contributed by atoms with E-state index in [0.29, 0.717) is 11.4 Å². The fraction of sp³-hybridized carbons (Fsp3) is 0.400. The molecule has 2 heterocycles. The molecule has 1 N–H and O–H groups in total. The summed E-state index contributed by atoms with van der Waals surface area (Å²) in [5.41, 5.74) is 1.85. The molecule has 2 aromatic rings. The third-order valence-electron chi connectivity index (χ3n) is 5.43. The maximum absolute atomic E-state index is 12.3. The van der Waals surface area contributed by atoms with E-state index in [0.717, 1.165) is 13.1 Å². The van der Waals surface area contributed by atoms with Crippen molar-refractivity contribution < 1.29 is 33.3 Å². The molecule has 1 fully saturated rings. The average molecular weight is 466 g/mol. The van der Waals surface area contributed by atoms with E-state index >= 15 is 0 Å². The fourth-order valence-corrected chi connectivity index (χ4v) is 3.45. The molecular formula is C20H27IN4O. The Balaban J connectivity index is 0.00000243. The Bertz CT molecular complexity index is 692. The van der Waals surface area contributed by atoms with Crippen molar-refractivity contribution in [1.82, 2.24) is 4.98 Å². The normalized spacial score (nSPS) is 15.8. The first kappa shape index (κ1) is 20.6. The molecular weight excluding hydrogens is 439 g/mol. The first-order chi connectivity index (χ1) is 12.2. The number of aromatic nitrogens is 1. The largest absolute Gasteiger partial charge is 1.00 e. The lowest BCUT2D eigenvalue weighted by Crippen LogP contribution is -3.00. The van der Waals surface area contributed by atoms with Crippen LogP contribution in [-0.2, 0) is 0 Å². The smallest absolute Gasteiger partial charge is 0.256 e. The summed E-state index contributed by atoms with van der Waals surface area (Å²) in [6.45, 7) is 11.5. The molecule has 26 heavy (non-hydrogen) atoms. The van der Waals surface area contributed by atoms with Crippen LogP contribution >= 0.6 is 0 Å². The molecule has 1 aliphatic heterocycles. The van der Waals surface area contributed by atoms with Crippen LogP contribution in [0.1, 0.15) is 24.2 Å². The van der Waals surface area contributed by atoms with Gasteiger partial charge in [-0.3, -0.25) is 4.79 Å². The summed E-state index contributed by atoms with van der Waals surface area (Å²) in [4.78, 5) is 18.8. The molecule has 1 aromatic heterocycles. The summed E-state index contributed by atoms with van der Waals surface area (Å²) in [5.74, 6) is 0.442. The highest BCUT2D eigenvalue weighted by Gasteiger charge is 2.29. The van der Waals surface area contributed by atoms with E-state index in [1.165, 1.54) is 36.3 Å². The lowest BCUT2D eigenvalue weighted by atomic mass is 10.1. The summed E-state index contributed by atoms with van der Waals surface area (Å²) < 4.78 is 1.21. The first-order valence-electron chi connectivity index (χ1n) is 9.08. The number of hydrogen-bond acceptors (Lipinski definition) is 3. The number of amides is 1. The van der Waals surface area contributed by atoms with E-state index in [1.54, 1.807) is 12.3 Å². The van der Waals surface area contributed by atoms with Gasteiger partial charge in [0.2, 0.25) is 0 Å². The number of carbonyl (C=O) groups excluding carboxylic acids is 1. The SMILES string of the molecule is CC[N+]1(CC)CCN(c2ccc(C(=O)Nc3ccccn3)cc2)CC1.[I-]. The third-order valence-corrected chi connectivity index (χ3v) is 5.43. The predicted molar refractivity (Wildman–Crippen MR) is 102 cm³/mol. The Hall–Kier alpha value is -1.67. The van der Waals surface area contributed by atoms with Crippen LogP contribution in [-0.4, -0.2) is 54.6 Å². The zero-order valence-corrected chi connectivity index (χ0v) is 17.6. The van der Waals surface area contributed by atoms with Gasteiger partial charge in [0.25, 0.3) is 5.91 Å². The number of carbonyl (C=O) groups is 1. The van der Waals surface area contributed by atoms with Crippen LogP contribution in [0.15, 0.2) is 48.7 Å². The van der Waals surface area contributed by atoms with Gasteiger partial charge in [0.1, 0.15) is 5.82 Å². The number of halogens is 1. The van der Waals surface area contributed by atoms with Crippen LogP contribution in [0.25, 0.3) is 0 Å². The van der Waals surface area contributed by atoms with Crippen molar-refractivity contribution in [3.05, 3.63) is 54.2 Å². The van der Waals surface area contributed by atoms with Crippen molar-refractivity contribution >= 4 is 17.4 Å². The van der Waals surface area contributed by atoms with Gasteiger partial charge in [0.15, 0.2) is 0 Å². The van der Waals surface area contributed by atoms with Crippen molar-refractivity contribution in [2.45, 2.75) is 13.8 Å². The highest BCUT2D eigenvalue weighted by molar-refractivity contribution is 6.03. The minimum atomic E-state index is -0.128. The first-order valence-corrected chi connectivity index (χ1v) is 9.08. The van der Waals surface area contributed by atoms with Crippen LogP contribution in [0.2, 0.25) is 0 Å². The standard InChI is InChI=1S/C20H26N4O.HI/c1-3-24(4-2)15-13-23(14-16-24)18-10-8-17(9-11-18)20(25)22-19-7-5-6-12-21-19;/h5-12H,3-4,13-16H2,1-2H3;1H. The molecule has 1 saturated heterocycles. The number of pyridine rings is 1. The van der Waals surface area contributed by atoms with Gasteiger partial charge in [0, 0.05) is 17.4 Å². The molecule has 0 aliphatic carbocycles. The van der Waals surface area contributed by atoms with Crippen molar-refractivity contribution in [2.75, 3.05) is 49.5 Å². The van der Waals surface area contributed by atoms with Crippen LogP contribution in [0.5, 0.6) is 0 Å². The van der Waals surface area contributed by atoms with Crippen molar-refractivity contribution in [2.24, 2.45) is 0 Å². The van der Waals surface area contributed by atoms with E-state index in [4.69, 9.17) is 0 Å². The number of nitrogens with zero attached hydrogens (tertiary/aromatic N) is 3. The Kier molecular flexibility index (Phi) is 7.40. The van der Waals surface area contributed by atoms with Gasteiger partial charge in [-0.05, 0) is 50.2 Å². The Morgan fingerprint density at radius 3 is 2.27 bits per heavy atom. The maximum atomic E-state index is 12.3. The number of hydrogen-bond donors (Lipinski definition) is 1. The molecule has 1 aromatic carbocycles.